The highest BCUT2D eigenvalue weighted by molar-refractivity contribution is 7.12. The number of hydrogen-bond acceptors (Lipinski definition) is 4. The molecule has 1 aromatic carbocycles. The van der Waals surface area contributed by atoms with Crippen molar-refractivity contribution in [2.45, 2.75) is 32.1 Å². The van der Waals surface area contributed by atoms with Gasteiger partial charge in [0.05, 0.1) is 7.11 Å². The summed E-state index contributed by atoms with van der Waals surface area (Å²) >= 11 is 1.59. The minimum absolute atomic E-state index is 0.199. The van der Waals surface area contributed by atoms with Gasteiger partial charge < -0.3 is 9.84 Å². The number of methoxy groups -OCH3 is 1. The third kappa shape index (κ3) is 2.11. The van der Waals surface area contributed by atoms with E-state index in [9.17, 15) is 9.50 Å². The van der Waals surface area contributed by atoms with Gasteiger partial charge in [-0.1, -0.05) is 0 Å². The minimum atomic E-state index is -0.378. The van der Waals surface area contributed by atoms with Crippen LogP contribution in [0.1, 0.15) is 32.5 Å². The van der Waals surface area contributed by atoms with E-state index >= 15 is 0 Å². The van der Waals surface area contributed by atoms with Gasteiger partial charge in [-0.05, 0) is 41.3 Å². The number of rotatable bonds is 2. The third-order valence-electron chi connectivity index (χ3n) is 4.74. The molecule has 5 heteroatoms. The highest BCUT2D eigenvalue weighted by Gasteiger charge is 2.33. The Morgan fingerprint density at radius 2 is 2.23 bits per heavy atom. The van der Waals surface area contributed by atoms with Crippen molar-refractivity contribution in [3.8, 4) is 11.5 Å². The van der Waals surface area contributed by atoms with Gasteiger partial charge in [0.25, 0.3) is 0 Å². The van der Waals surface area contributed by atoms with Crippen molar-refractivity contribution >= 4 is 11.3 Å². The van der Waals surface area contributed by atoms with Crippen molar-refractivity contribution in [1.29, 1.82) is 0 Å². The van der Waals surface area contributed by atoms with Gasteiger partial charge in [0, 0.05) is 35.3 Å². The highest BCUT2D eigenvalue weighted by Crippen LogP contribution is 2.43. The summed E-state index contributed by atoms with van der Waals surface area (Å²) in [7, 11) is 1.58. The van der Waals surface area contributed by atoms with E-state index in [1.807, 2.05) is 18.2 Å². The molecule has 0 bridgehead atoms. The Morgan fingerprint density at radius 3 is 3.00 bits per heavy atom. The number of hydrogen-bond donors (Lipinski definition) is 1. The zero-order chi connectivity index (χ0) is 15.3. The topological polar surface area (TPSA) is 32.7 Å². The molecule has 2 aromatic rings. The van der Waals surface area contributed by atoms with E-state index in [1.54, 1.807) is 18.4 Å². The first-order chi connectivity index (χ1) is 10.7. The Morgan fingerprint density at radius 1 is 1.36 bits per heavy atom. The second-order valence-corrected chi connectivity index (χ2v) is 7.18. The van der Waals surface area contributed by atoms with Crippen molar-refractivity contribution in [2.24, 2.45) is 0 Å². The van der Waals surface area contributed by atoms with Gasteiger partial charge in [0.15, 0.2) is 11.5 Å². The van der Waals surface area contributed by atoms with Crippen LogP contribution in [0.15, 0.2) is 18.2 Å². The van der Waals surface area contributed by atoms with E-state index in [0.717, 1.165) is 30.8 Å². The Hall–Kier alpha value is -1.59. The first-order valence-corrected chi connectivity index (χ1v) is 8.31. The minimum Gasteiger partial charge on any atom is -0.504 e. The lowest BCUT2D eigenvalue weighted by molar-refractivity contribution is 0.162. The summed E-state index contributed by atoms with van der Waals surface area (Å²) in [4.78, 5) is 4.55. The maximum Gasteiger partial charge on any atom is 0.160 e. The van der Waals surface area contributed by atoms with Gasteiger partial charge in [0.2, 0.25) is 0 Å². The molecule has 0 fully saturated rings. The fourth-order valence-corrected chi connectivity index (χ4v) is 4.72. The summed E-state index contributed by atoms with van der Waals surface area (Å²) < 4.78 is 18.1. The highest BCUT2D eigenvalue weighted by atomic mass is 32.1. The number of fused-ring (bicyclic) bond motifs is 4. The number of ether oxygens (including phenoxy) is 1. The summed E-state index contributed by atoms with van der Waals surface area (Å²) in [6.07, 6.45) is 1.86. The van der Waals surface area contributed by atoms with E-state index < -0.39 is 0 Å². The summed E-state index contributed by atoms with van der Waals surface area (Å²) in [6, 6.07) is 6.09. The van der Waals surface area contributed by atoms with Crippen LogP contribution < -0.4 is 4.74 Å². The molecule has 1 aromatic heterocycles. The number of nitrogens with zero attached hydrogens (tertiary/aromatic N) is 1. The Bertz CT molecular complexity index is 728. The largest absolute Gasteiger partial charge is 0.504 e. The average molecular weight is 319 g/mol. The van der Waals surface area contributed by atoms with E-state index in [1.165, 1.54) is 21.6 Å². The monoisotopic (exact) mass is 319 g/mol. The molecule has 3 nitrogen and oxygen atoms in total. The zero-order valence-electron chi connectivity index (χ0n) is 12.4. The molecule has 22 heavy (non-hydrogen) atoms. The SMILES string of the molecule is COc1cc2c(cc1O)[C@@H]1Cc3sc(CF)cc3CN1CC2. The first-order valence-electron chi connectivity index (χ1n) is 7.50. The van der Waals surface area contributed by atoms with Crippen molar-refractivity contribution in [1.82, 2.24) is 4.90 Å². The van der Waals surface area contributed by atoms with Crippen molar-refractivity contribution < 1.29 is 14.2 Å². The van der Waals surface area contributed by atoms with E-state index in [4.69, 9.17) is 4.74 Å². The van der Waals surface area contributed by atoms with Gasteiger partial charge >= 0.3 is 0 Å². The quantitative estimate of drug-likeness (QED) is 0.918. The summed E-state index contributed by atoms with van der Waals surface area (Å²) in [5.41, 5.74) is 3.71. The van der Waals surface area contributed by atoms with Gasteiger partial charge in [-0.25, -0.2) is 4.39 Å². The maximum absolute atomic E-state index is 12.9. The number of phenolic OH excluding ortho intramolecular Hbond substituents is 1. The van der Waals surface area contributed by atoms with Gasteiger partial charge in [0.1, 0.15) is 6.67 Å². The Labute approximate surface area is 133 Å². The number of halogens is 1. The number of aromatic hydroxyl groups is 1. The molecule has 0 saturated carbocycles. The van der Waals surface area contributed by atoms with Crippen LogP contribution in [0.2, 0.25) is 0 Å². The summed E-state index contributed by atoms with van der Waals surface area (Å²) in [5.74, 6) is 0.740. The lowest BCUT2D eigenvalue weighted by Crippen LogP contribution is -2.38. The van der Waals surface area contributed by atoms with E-state index in [-0.39, 0.29) is 18.5 Å². The molecule has 0 saturated heterocycles. The predicted octanol–water partition coefficient (Wildman–Crippen LogP) is 3.59. The van der Waals surface area contributed by atoms with Crippen LogP contribution in [0.5, 0.6) is 11.5 Å². The van der Waals surface area contributed by atoms with Crippen molar-refractivity contribution in [2.75, 3.05) is 13.7 Å². The fourth-order valence-electron chi connectivity index (χ4n) is 3.66. The molecular formula is C17H18FNO2S. The van der Waals surface area contributed by atoms with Crippen LogP contribution in [0.25, 0.3) is 0 Å². The van der Waals surface area contributed by atoms with Gasteiger partial charge in [-0.3, -0.25) is 4.90 Å². The molecule has 0 unspecified atom stereocenters. The van der Waals surface area contributed by atoms with Crippen LogP contribution in [0.3, 0.4) is 0 Å². The zero-order valence-corrected chi connectivity index (χ0v) is 13.3. The van der Waals surface area contributed by atoms with Crippen molar-refractivity contribution in [3.63, 3.8) is 0 Å². The molecule has 0 radical (unpaired) electrons. The second kappa shape index (κ2) is 5.25. The first kappa shape index (κ1) is 14.0. The van der Waals surface area contributed by atoms with E-state index in [2.05, 4.69) is 4.90 Å². The molecule has 3 heterocycles. The molecule has 116 valence electrons. The van der Waals surface area contributed by atoms with Crippen LogP contribution in [0.4, 0.5) is 4.39 Å². The van der Waals surface area contributed by atoms with Crippen molar-refractivity contribution in [3.05, 3.63) is 44.6 Å². The lowest BCUT2D eigenvalue weighted by atomic mass is 9.86. The predicted molar refractivity (Wildman–Crippen MR) is 84.3 cm³/mol. The number of phenols is 1. The lowest BCUT2D eigenvalue weighted by Gasteiger charge is -2.40. The van der Waals surface area contributed by atoms with Gasteiger partial charge in [-0.15, -0.1) is 11.3 Å². The summed E-state index contributed by atoms with van der Waals surface area (Å²) in [6.45, 7) is 1.49. The standard InChI is InChI=1S/C17H18FNO2S/c1-21-16-5-10-2-3-19-9-11-4-12(8-18)22-17(11)7-14(19)13(10)6-15(16)20/h4-6,14,20H,2-3,7-9H2,1H3/t14-/m0/s1. The third-order valence-corrected chi connectivity index (χ3v) is 5.90. The number of thiophene rings is 1. The molecule has 2 aliphatic rings. The van der Waals surface area contributed by atoms with Crippen LogP contribution in [-0.2, 0) is 26.1 Å². The normalized spacial score (nSPS) is 20.2. The molecule has 0 aliphatic carbocycles. The maximum atomic E-state index is 12.9. The molecule has 2 aliphatic heterocycles. The molecule has 0 spiro atoms. The fraction of sp³-hybridized carbons (Fsp3) is 0.412. The van der Waals surface area contributed by atoms with E-state index in [0.29, 0.717) is 5.75 Å². The Kier molecular flexibility index (Phi) is 3.35. The average Bonchev–Trinajstić information content (AvgIpc) is 2.94. The molecule has 0 amide bonds. The van der Waals surface area contributed by atoms with Crippen LogP contribution in [0, 0.1) is 0 Å². The van der Waals surface area contributed by atoms with Gasteiger partial charge in [-0.2, -0.15) is 0 Å². The van der Waals surface area contributed by atoms with Crippen LogP contribution >= 0.6 is 11.3 Å². The smallest absolute Gasteiger partial charge is 0.160 e. The van der Waals surface area contributed by atoms with Crippen LogP contribution in [-0.4, -0.2) is 23.7 Å². The number of benzene rings is 1. The Balaban J connectivity index is 1.74. The molecule has 1 N–H and O–H groups in total. The number of alkyl halides is 1. The molecule has 4 rings (SSSR count). The molecular weight excluding hydrogens is 301 g/mol. The molecule has 1 atom stereocenters. The second-order valence-electron chi connectivity index (χ2n) is 5.96. The summed E-state index contributed by atoms with van der Waals surface area (Å²) in [5, 5.41) is 10.1.